The van der Waals surface area contributed by atoms with Crippen LogP contribution in [0.4, 0.5) is 0 Å². The average Bonchev–Trinajstić information content (AvgIpc) is 2.53. The number of ether oxygens (including phenoxy) is 1. The minimum Gasteiger partial charge on any atom is -0.373 e. The first-order valence-electron chi connectivity index (χ1n) is 8.87. The van der Waals surface area contributed by atoms with E-state index in [1.54, 1.807) is 0 Å². The molecule has 21 heavy (non-hydrogen) atoms. The maximum atomic E-state index is 6.14. The molecule has 0 radical (unpaired) electrons. The number of hydrogen-bond donors (Lipinski definition) is 0. The minimum atomic E-state index is 0.429. The Hall–Kier alpha value is -0.890. The van der Waals surface area contributed by atoms with Crippen LogP contribution in [0.1, 0.15) is 83.6 Å². The number of rotatable bonds is 13. The van der Waals surface area contributed by atoms with Crippen LogP contribution >= 0.6 is 0 Å². The third-order valence-electron chi connectivity index (χ3n) is 3.97. The molecule has 1 heterocycles. The van der Waals surface area contributed by atoms with Crippen molar-refractivity contribution in [2.75, 3.05) is 0 Å². The van der Waals surface area contributed by atoms with E-state index in [0.717, 1.165) is 0 Å². The summed E-state index contributed by atoms with van der Waals surface area (Å²) in [5, 5.41) is 0. The molecule has 0 aliphatic rings. The summed E-state index contributed by atoms with van der Waals surface area (Å²) in [5.74, 6) is 0. The van der Waals surface area contributed by atoms with Crippen molar-refractivity contribution in [3.63, 3.8) is 0 Å². The van der Waals surface area contributed by atoms with Crippen molar-refractivity contribution in [3.05, 3.63) is 30.1 Å². The molecule has 0 spiro atoms. The third-order valence-corrected chi connectivity index (χ3v) is 3.97. The summed E-state index contributed by atoms with van der Waals surface area (Å²) in [6.45, 7) is 5.24. The van der Waals surface area contributed by atoms with Crippen LogP contribution < -0.4 is 0 Å². The molecule has 0 aliphatic heterocycles. The maximum Gasteiger partial charge on any atom is 0.0735 e. The Morgan fingerprint density at radius 1 is 0.952 bits per heavy atom. The van der Waals surface area contributed by atoms with Crippen molar-refractivity contribution in [3.8, 4) is 0 Å². The smallest absolute Gasteiger partial charge is 0.0735 e. The number of pyridine rings is 1. The van der Waals surface area contributed by atoms with E-state index < -0.39 is 0 Å². The van der Waals surface area contributed by atoms with Crippen molar-refractivity contribution in [1.29, 1.82) is 0 Å². The second-order valence-corrected chi connectivity index (χ2v) is 5.99. The number of hydrogen-bond acceptors (Lipinski definition) is 2. The fraction of sp³-hybridized carbons (Fsp3) is 0.737. The molecule has 120 valence electrons. The first-order valence-corrected chi connectivity index (χ1v) is 8.87. The Bertz CT molecular complexity index is 326. The summed E-state index contributed by atoms with van der Waals surface area (Å²) in [4.78, 5) is 4.15. The lowest BCUT2D eigenvalue weighted by Gasteiger charge is -2.18. The molecule has 2 nitrogen and oxygen atoms in total. The molecule has 2 heteroatoms. The molecule has 0 aliphatic carbocycles. The number of unbranched alkanes of at least 4 members (excludes halogenated alkanes) is 6. The second-order valence-electron chi connectivity index (χ2n) is 5.99. The number of aromatic nitrogens is 1. The zero-order chi connectivity index (χ0) is 15.2. The summed E-state index contributed by atoms with van der Waals surface area (Å²) in [7, 11) is 0. The molecule has 1 rings (SSSR count). The monoisotopic (exact) mass is 291 g/mol. The van der Waals surface area contributed by atoms with Gasteiger partial charge in [0.2, 0.25) is 0 Å². The predicted molar refractivity (Wildman–Crippen MR) is 90.3 cm³/mol. The van der Waals surface area contributed by atoms with Crippen molar-refractivity contribution >= 4 is 0 Å². The molecule has 1 aromatic rings. The fourth-order valence-corrected chi connectivity index (χ4v) is 2.61. The predicted octanol–water partition coefficient (Wildman–Crippen LogP) is 5.91. The summed E-state index contributed by atoms with van der Waals surface area (Å²) in [6, 6.07) is 4.08. The van der Waals surface area contributed by atoms with Gasteiger partial charge in [0.25, 0.3) is 0 Å². The molecule has 0 saturated heterocycles. The molecule has 0 amide bonds. The highest BCUT2D eigenvalue weighted by Crippen LogP contribution is 2.16. The highest BCUT2D eigenvalue weighted by atomic mass is 16.5. The van der Waals surface area contributed by atoms with Gasteiger partial charge in [-0.25, -0.2) is 0 Å². The lowest BCUT2D eigenvalue weighted by Crippen LogP contribution is -2.13. The first kappa shape index (κ1) is 18.2. The zero-order valence-electron chi connectivity index (χ0n) is 14.0. The molecule has 0 fully saturated rings. The van der Waals surface area contributed by atoms with Gasteiger partial charge in [0.05, 0.1) is 12.7 Å². The van der Waals surface area contributed by atoms with Crippen LogP contribution in [0.15, 0.2) is 24.5 Å². The molecule has 1 aromatic heterocycles. The summed E-state index contributed by atoms with van der Waals surface area (Å²) < 4.78 is 6.14. The normalized spacial score (nSPS) is 12.5. The minimum absolute atomic E-state index is 0.429. The van der Waals surface area contributed by atoms with Gasteiger partial charge in [0.1, 0.15) is 0 Å². The zero-order valence-corrected chi connectivity index (χ0v) is 14.0. The van der Waals surface area contributed by atoms with Crippen LogP contribution in [0.25, 0.3) is 0 Å². The van der Waals surface area contributed by atoms with Crippen molar-refractivity contribution < 1.29 is 4.74 Å². The Labute approximate surface area is 131 Å². The van der Waals surface area contributed by atoms with E-state index >= 15 is 0 Å². The topological polar surface area (TPSA) is 22.1 Å². The third kappa shape index (κ3) is 9.62. The van der Waals surface area contributed by atoms with Crippen molar-refractivity contribution in [2.45, 2.75) is 90.8 Å². The Morgan fingerprint density at radius 2 is 1.62 bits per heavy atom. The van der Waals surface area contributed by atoms with Gasteiger partial charge >= 0.3 is 0 Å². The van der Waals surface area contributed by atoms with Gasteiger partial charge in [-0.05, 0) is 24.5 Å². The molecule has 0 bridgehead atoms. The lowest BCUT2D eigenvalue weighted by atomic mass is 10.0. The van der Waals surface area contributed by atoms with Crippen LogP contribution in [-0.2, 0) is 11.3 Å². The molecular formula is C19H33NO. The Kier molecular flexibility index (Phi) is 11.1. The standard InChI is InChI=1S/C19H33NO/c1-3-5-7-8-10-14-19(13-9-6-4-2)21-17-18-12-11-15-20-16-18/h11-12,15-16,19H,3-10,13-14,17H2,1-2H3. The average molecular weight is 291 g/mol. The summed E-state index contributed by atoms with van der Waals surface area (Å²) in [6.07, 6.45) is 17.2. The van der Waals surface area contributed by atoms with Gasteiger partial charge in [-0.15, -0.1) is 0 Å². The SMILES string of the molecule is CCCCCCCC(CCCCC)OCc1cccnc1. The van der Waals surface area contributed by atoms with Gasteiger partial charge in [-0.3, -0.25) is 4.98 Å². The van der Waals surface area contributed by atoms with Crippen LogP contribution in [0, 0.1) is 0 Å². The fourth-order valence-electron chi connectivity index (χ4n) is 2.61. The molecule has 0 saturated carbocycles. The van der Waals surface area contributed by atoms with Crippen LogP contribution in [0.2, 0.25) is 0 Å². The molecular weight excluding hydrogens is 258 g/mol. The van der Waals surface area contributed by atoms with Gasteiger partial charge in [-0.1, -0.05) is 71.3 Å². The van der Waals surface area contributed by atoms with Gasteiger partial charge < -0.3 is 4.74 Å². The first-order chi connectivity index (χ1) is 10.4. The molecule has 0 aromatic carbocycles. The second kappa shape index (κ2) is 12.8. The van der Waals surface area contributed by atoms with Crippen LogP contribution in [0.5, 0.6) is 0 Å². The van der Waals surface area contributed by atoms with E-state index in [9.17, 15) is 0 Å². The van der Waals surface area contributed by atoms with E-state index in [0.29, 0.717) is 12.7 Å². The Balaban J connectivity index is 2.26. The molecule has 0 N–H and O–H groups in total. The highest BCUT2D eigenvalue weighted by Gasteiger charge is 2.09. The lowest BCUT2D eigenvalue weighted by molar-refractivity contribution is 0.0260. The largest absolute Gasteiger partial charge is 0.373 e. The van der Waals surface area contributed by atoms with Crippen LogP contribution in [0.3, 0.4) is 0 Å². The van der Waals surface area contributed by atoms with Gasteiger partial charge in [0.15, 0.2) is 0 Å². The summed E-state index contributed by atoms with van der Waals surface area (Å²) in [5.41, 5.74) is 1.18. The summed E-state index contributed by atoms with van der Waals surface area (Å²) >= 11 is 0. The van der Waals surface area contributed by atoms with E-state index in [1.165, 1.54) is 69.8 Å². The quantitative estimate of drug-likeness (QED) is 0.422. The van der Waals surface area contributed by atoms with Gasteiger partial charge in [-0.2, -0.15) is 0 Å². The van der Waals surface area contributed by atoms with E-state index in [-0.39, 0.29) is 0 Å². The van der Waals surface area contributed by atoms with Crippen LogP contribution in [-0.4, -0.2) is 11.1 Å². The van der Waals surface area contributed by atoms with Gasteiger partial charge in [0, 0.05) is 12.4 Å². The van der Waals surface area contributed by atoms with E-state index in [2.05, 4.69) is 24.9 Å². The highest BCUT2D eigenvalue weighted by molar-refractivity contribution is 5.06. The maximum absolute atomic E-state index is 6.14. The van der Waals surface area contributed by atoms with E-state index in [1.807, 2.05) is 18.5 Å². The molecule has 1 unspecified atom stereocenters. The Morgan fingerprint density at radius 3 is 2.29 bits per heavy atom. The number of nitrogens with zero attached hydrogens (tertiary/aromatic N) is 1. The van der Waals surface area contributed by atoms with Crippen molar-refractivity contribution in [2.24, 2.45) is 0 Å². The van der Waals surface area contributed by atoms with Crippen molar-refractivity contribution in [1.82, 2.24) is 4.98 Å². The molecule has 1 atom stereocenters. The van der Waals surface area contributed by atoms with E-state index in [4.69, 9.17) is 4.74 Å².